The lowest BCUT2D eigenvalue weighted by Gasteiger charge is -2.02. The fourth-order valence-corrected chi connectivity index (χ4v) is 4.28. The number of unbranched alkanes of at least 4 members (excludes halogenated alkanes) is 9. The van der Waals surface area contributed by atoms with Gasteiger partial charge in [0.25, 0.3) is 0 Å². The maximum absolute atomic E-state index is 10.9. The summed E-state index contributed by atoms with van der Waals surface area (Å²) in [5.74, 6) is -0.0641. The molecular weight excluding hydrogens is 292 g/mol. The van der Waals surface area contributed by atoms with Gasteiger partial charge >= 0.3 is 5.97 Å². The highest BCUT2D eigenvalue weighted by atomic mass is 32.2. The molecule has 3 heteroatoms. The quantitative estimate of drug-likeness (QED) is 0.206. The van der Waals surface area contributed by atoms with Crippen LogP contribution in [0.2, 0.25) is 0 Å². The third-order valence-electron chi connectivity index (χ3n) is 4.63. The van der Waals surface area contributed by atoms with Crippen LogP contribution >= 0.6 is 11.8 Å². The van der Waals surface area contributed by atoms with E-state index in [9.17, 15) is 4.79 Å². The zero-order valence-corrected chi connectivity index (χ0v) is 15.6. The number of carbonyl (C=O) groups is 1. The van der Waals surface area contributed by atoms with Gasteiger partial charge in [-0.25, -0.2) is 0 Å². The van der Waals surface area contributed by atoms with E-state index in [0.717, 1.165) is 16.9 Å². The third kappa shape index (κ3) is 10.5. The number of thioether (sulfide) groups is 1. The lowest BCUT2D eigenvalue weighted by molar-refractivity contribution is -0.140. The Labute approximate surface area is 142 Å². The Morgan fingerprint density at radius 3 is 1.86 bits per heavy atom. The second-order valence-electron chi connectivity index (χ2n) is 6.65. The van der Waals surface area contributed by atoms with Gasteiger partial charge in [0.05, 0.1) is 7.11 Å². The minimum atomic E-state index is -0.0641. The first-order valence-electron chi connectivity index (χ1n) is 9.50. The molecule has 0 aromatic rings. The van der Waals surface area contributed by atoms with Gasteiger partial charge in [-0.05, 0) is 19.3 Å². The van der Waals surface area contributed by atoms with Gasteiger partial charge in [0.2, 0.25) is 0 Å². The summed E-state index contributed by atoms with van der Waals surface area (Å²) in [6.45, 7) is 2.29. The van der Waals surface area contributed by atoms with Crippen LogP contribution in [0.1, 0.15) is 96.8 Å². The highest BCUT2D eigenvalue weighted by Crippen LogP contribution is 2.47. The number of carbonyl (C=O) groups excluding carboxylic acids is 1. The van der Waals surface area contributed by atoms with Gasteiger partial charge in [0, 0.05) is 16.9 Å². The van der Waals surface area contributed by atoms with Crippen molar-refractivity contribution in [3.05, 3.63) is 0 Å². The van der Waals surface area contributed by atoms with Gasteiger partial charge in [0.15, 0.2) is 0 Å². The molecule has 130 valence electrons. The number of methoxy groups -OCH3 is 1. The molecule has 0 saturated carbocycles. The first kappa shape index (κ1) is 19.9. The van der Waals surface area contributed by atoms with E-state index in [2.05, 4.69) is 23.4 Å². The molecule has 0 N–H and O–H groups in total. The zero-order chi connectivity index (χ0) is 16.0. The summed E-state index contributed by atoms with van der Waals surface area (Å²) in [6.07, 6.45) is 18.1. The van der Waals surface area contributed by atoms with Crippen LogP contribution in [-0.4, -0.2) is 23.6 Å². The summed E-state index contributed by atoms with van der Waals surface area (Å²) in [5, 5.41) is 2.03. The molecule has 0 aromatic heterocycles. The lowest BCUT2D eigenvalue weighted by atomic mass is 10.0. The molecule has 0 radical (unpaired) electrons. The van der Waals surface area contributed by atoms with E-state index in [4.69, 9.17) is 0 Å². The summed E-state index contributed by atoms with van der Waals surface area (Å²) in [6, 6.07) is 0. The van der Waals surface area contributed by atoms with Gasteiger partial charge in [-0.3, -0.25) is 4.79 Å². The van der Waals surface area contributed by atoms with Gasteiger partial charge in [-0.2, -0.15) is 11.8 Å². The summed E-state index contributed by atoms with van der Waals surface area (Å²) < 4.78 is 4.64. The molecular formula is C19H36O2S. The van der Waals surface area contributed by atoms with E-state index in [0.29, 0.717) is 6.42 Å². The number of hydrogen-bond donors (Lipinski definition) is 0. The van der Waals surface area contributed by atoms with Crippen LogP contribution in [0.3, 0.4) is 0 Å². The molecule has 2 nitrogen and oxygen atoms in total. The van der Waals surface area contributed by atoms with Crippen molar-refractivity contribution in [2.75, 3.05) is 7.11 Å². The lowest BCUT2D eigenvalue weighted by Crippen LogP contribution is -1.99. The van der Waals surface area contributed by atoms with Gasteiger partial charge in [-0.15, -0.1) is 0 Å². The predicted octanol–water partition coefficient (Wildman–Crippen LogP) is 6.12. The normalized spacial score (nSPS) is 20.1. The average molecular weight is 329 g/mol. The molecule has 1 aliphatic rings. The van der Waals surface area contributed by atoms with E-state index in [1.54, 1.807) is 0 Å². The Hall–Kier alpha value is -0.180. The number of esters is 1. The van der Waals surface area contributed by atoms with Gasteiger partial charge in [0.1, 0.15) is 0 Å². The Kier molecular flexibility index (Phi) is 12.0. The Balaban J connectivity index is 1.71. The van der Waals surface area contributed by atoms with Crippen LogP contribution in [0.5, 0.6) is 0 Å². The topological polar surface area (TPSA) is 26.3 Å². The van der Waals surface area contributed by atoms with Crippen molar-refractivity contribution in [1.82, 2.24) is 0 Å². The smallest absolute Gasteiger partial charge is 0.305 e. The molecule has 22 heavy (non-hydrogen) atoms. The summed E-state index contributed by atoms with van der Waals surface area (Å²) in [4.78, 5) is 10.9. The van der Waals surface area contributed by atoms with Crippen molar-refractivity contribution in [3.63, 3.8) is 0 Å². The molecule has 0 bridgehead atoms. The molecule has 0 aromatic carbocycles. The van der Waals surface area contributed by atoms with Crippen molar-refractivity contribution in [1.29, 1.82) is 0 Å². The highest BCUT2D eigenvalue weighted by molar-refractivity contribution is 8.07. The number of hydrogen-bond acceptors (Lipinski definition) is 3. The Bertz CT molecular complexity index is 281. The number of rotatable bonds is 15. The van der Waals surface area contributed by atoms with Gasteiger partial charge < -0.3 is 4.74 Å². The maximum atomic E-state index is 10.9. The van der Waals surface area contributed by atoms with Gasteiger partial charge in [-0.1, -0.05) is 71.1 Å². The predicted molar refractivity (Wildman–Crippen MR) is 97.5 cm³/mol. The molecule has 2 unspecified atom stereocenters. The first-order chi connectivity index (χ1) is 10.8. The van der Waals surface area contributed by atoms with Crippen molar-refractivity contribution in [3.8, 4) is 0 Å². The molecule has 0 amide bonds. The first-order valence-corrected chi connectivity index (χ1v) is 10.4. The summed E-state index contributed by atoms with van der Waals surface area (Å²) in [5.41, 5.74) is 0. The van der Waals surface area contributed by atoms with Crippen LogP contribution in [0.4, 0.5) is 0 Å². The van der Waals surface area contributed by atoms with Crippen LogP contribution in [-0.2, 0) is 9.53 Å². The third-order valence-corrected chi connectivity index (χ3v) is 6.14. The largest absolute Gasteiger partial charge is 0.469 e. The second-order valence-corrected chi connectivity index (χ2v) is 8.14. The Morgan fingerprint density at radius 1 is 0.818 bits per heavy atom. The van der Waals surface area contributed by atoms with Crippen molar-refractivity contribution in [2.24, 2.45) is 0 Å². The minimum absolute atomic E-state index is 0.0641. The molecule has 1 aliphatic heterocycles. The molecule has 2 atom stereocenters. The second kappa shape index (κ2) is 13.3. The van der Waals surface area contributed by atoms with Crippen LogP contribution in [0.15, 0.2) is 0 Å². The van der Waals surface area contributed by atoms with Crippen molar-refractivity contribution in [2.45, 2.75) is 107 Å². The fourth-order valence-electron chi connectivity index (χ4n) is 3.05. The van der Waals surface area contributed by atoms with Crippen LogP contribution in [0.25, 0.3) is 0 Å². The maximum Gasteiger partial charge on any atom is 0.305 e. The number of ether oxygens (including phenoxy) is 1. The molecule has 1 heterocycles. The SMILES string of the molecule is CCCCC1SC1CCCCCCCCCCCC(=O)OC. The van der Waals surface area contributed by atoms with E-state index in [1.807, 2.05) is 0 Å². The minimum Gasteiger partial charge on any atom is -0.469 e. The molecule has 1 fully saturated rings. The molecule has 0 aliphatic carbocycles. The van der Waals surface area contributed by atoms with Crippen molar-refractivity contribution < 1.29 is 9.53 Å². The Morgan fingerprint density at radius 2 is 1.32 bits per heavy atom. The average Bonchev–Trinajstić information content (AvgIpc) is 3.28. The van der Waals surface area contributed by atoms with E-state index in [1.165, 1.54) is 84.2 Å². The monoisotopic (exact) mass is 328 g/mol. The summed E-state index contributed by atoms with van der Waals surface area (Å²) >= 11 is 2.23. The highest BCUT2D eigenvalue weighted by Gasteiger charge is 2.36. The van der Waals surface area contributed by atoms with E-state index >= 15 is 0 Å². The summed E-state index contributed by atoms with van der Waals surface area (Å²) in [7, 11) is 1.47. The van der Waals surface area contributed by atoms with E-state index < -0.39 is 0 Å². The van der Waals surface area contributed by atoms with E-state index in [-0.39, 0.29) is 5.97 Å². The standard InChI is InChI=1S/C19H36O2S/c1-3-4-14-17-18(22-17)15-12-10-8-6-5-7-9-11-13-16-19(20)21-2/h17-18H,3-16H2,1-2H3. The van der Waals surface area contributed by atoms with Crippen molar-refractivity contribution >= 4 is 17.7 Å². The fraction of sp³-hybridized carbons (Fsp3) is 0.947. The molecule has 1 saturated heterocycles. The van der Waals surface area contributed by atoms with Crippen LogP contribution < -0.4 is 0 Å². The molecule has 0 spiro atoms. The zero-order valence-electron chi connectivity index (χ0n) is 14.8. The molecule has 1 rings (SSSR count). The van der Waals surface area contributed by atoms with Crippen LogP contribution in [0, 0.1) is 0 Å².